The van der Waals surface area contributed by atoms with E-state index >= 15 is 0 Å². The first kappa shape index (κ1) is 10.3. The van der Waals surface area contributed by atoms with Crippen LogP contribution in [0.1, 0.15) is 23.6 Å². The molecule has 82 valence electrons. The van der Waals surface area contributed by atoms with Crippen molar-refractivity contribution in [1.82, 2.24) is 0 Å². The largest absolute Gasteiger partial charge is 0.324 e. The maximum Gasteiger partial charge on any atom is 0.0934 e. The number of benzene rings is 1. The molecule has 1 aliphatic carbocycles. The summed E-state index contributed by atoms with van der Waals surface area (Å²) in [5, 5.41) is 0. The van der Waals surface area contributed by atoms with Crippen LogP contribution < -0.4 is 5.73 Å². The minimum atomic E-state index is 0.213. The number of nitrogens with two attached hydrogens (primary N) is 1. The quantitative estimate of drug-likeness (QED) is 0.812. The van der Waals surface area contributed by atoms with E-state index in [4.69, 9.17) is 17.3 Å². The summed E-state index contributed by atoms with van der Waals surface area (Å²) in [6, 6.07) is 10.7. The molecule has 1 aromatic heterocycles. The fraction of sp³-hybridized carbons (Fsp3) is 0.231. The van der Waals surface area contributed by atoms with Crippen molar-refractivity contribution < 1.29 is 0 Å². The maximum atomic E-state index is 6.08. The summed E-state index contributed by atoms with van der Waals surface area (Å²) in [6.07, 6.45) is 2.15. The van der Waals surface area contributed by atoms with Crippen LogP contribution in [0.15, 0.2) is 30.3 Å². The van der Waals surface area contributed by atoms with Crippen LogP contribution >= 0.6 is 22.9 Å². The minimum Gasteiger partial charge on any atom is -0.324 e. The van der Waals surface area contributed by atoms with Crippen LogP contribution in [0.2, 0.25) is 4.34 Å². The van der Waals surface area contributed by atoms with Gasteiger partial charge in [-0.05, 0) is 41.7 Å². The smallest absolute Gasteiger partial charge is 0.0934 e. The van der Waals surface area contributed by atoms with Gasteiger partial charge in [-0.15, -0.1) is 11.3 Å². The molecule has 0 spiro atoms. The number of hydrogen-bond acceptors (Lipinski definition) is 2. The summed E-state index contributed by atoms with van der Waals surface area (Å²) in [7, 11) is 0. The monoisotopic (exact) mass is 249 g/mol. The molecule has 0 radical (unpaired) electrons. The molecule has 0 saturated heterocycles. The van der Waals surface area contributed by atoms with Gasteiger partial charge < -0.3 is 5.73 Å². The van der Waals surface area contributed by atoms with Crippen LogP contribution in [-0.2, 0) is 6.42 Å². The van der Waals surface area contributed by atoms with Gasteiger partial charge in [0.2, 0.25) is 0 Å². The first-order chi connectivity index (χ1) is 7.75. The average Bonchev–Trinajstić information content (AvgIpc) is 2.86. The molecule has 0 aliphatic heterocycles. The molecule has 0 saturated carbocycles. The van der Waals surface area contributed by atoms with Gasteiger partial charge in [-0.25, -0.2) is 0 Å². The lowest BCUT2D eigenvalue weighted by atomic mass is 10.0. The first-order valence-corrected chi connectivity index (χ1v) is 6.58. The van der Waals surface area contributed by atoms with E-state index in [1.165, 1.54) is 21.6 Å². The Morgan fingerprint density at radius 2 is 2.12 bits per heavy atom. The summed E-state index contributed by atoms with van der Waals surface area (Å²) < 4.78 is 0.842. The average molecular weight is 250 g/mol. The lowest BCUT2D eigenvalue weighted by molar-refractivity contribution is 0.713. The second kappa shape index (κ2) is 3.88. The maximum absolute atomic E-state index is 6.08. The molecule has 3 rings (SSSR count). The van der Waals surface area contributed by atoms with E-state index in [2.05, 4.69) is 24.3 Å². The highest BCUT2D eigenvalue weighted by molar-refractivity contribution is 7.19. The molecule has 0 bridgehead atoms. The zero-order chi connectivity index (χ0) is 11.1. The van der Waals surface area contributed by atoms with E-state index in [0.29, 0.717) is 0 Å². The lowest BCUT2D eigenvalue weighted by Crippen LogP contribution is -2.04. The second-order valence-corrected chi connectivity index (χ2v) is 5.84. The third kappa shape index (κ3) is 1.58. The van der Waals surface area contributed by atoms with Gasteiger partial charge in [0.05, 0.1) is 4.34 Å². The van der Waals surface area contributed by atoms with Crippen LogP contribution in [0.4, 0.5) is 0 Å². The SMILES string of the molecule is NC1CCc2c(-c3ccc(Cl)s3)cccc21. The van der Waals surface area contributed by atoms with E-state index in [1.807, 2.05) is 6.07 Å². The van der Waals surface area contributed by atoms with Gasteiger partial charge in [0, 0.05) is 10.9 Å². The molecule has 1 nitrogen and oxygen atoms in total. The topological polar surface area (TPSA) is 26.0 Å². The molecular weight excluding hydrogens is 238 g/mol. The molecule has 3 heteroatoms. The van der Waals surface area contributed by atoms with Crippen molar-refractivity contribution in [2.24, 2.45) is 5.73 Å². The van der Waals surface area contributed by atoms with Gasteiger partial charge in [-0.1, -0.05) is 29.8 Å². The van der Waals surface area contributed by atoms with Gasteiger partial charge in [-0.2, -0.15) is 0 Å². The van der Waals surface area contributed by atoms with Crippen molar-refractivity contribution in [2.75, 3.05) is 0 Å². The second-order valence-electron chi connectivity index (χ2n) is 4.12. The summed E-state index contributed by atoms with van der Waals surface area (Å²) in [5.74, 6) is 0. The Kier molecular flexibility index (Phi) is 2.51. The fourth-order valence-electron chi connectivity index (χ4n) is 2.38. The zero-order valence-electron chi connectivity index (χ0n) is 8.74. The number of fused-ring (bicyclic) bond motifs is 1. The summed E-state index contributed by atoms with van der Waals surface area (Å²) in [4.78, 5) is 1.25. The fourth-order valence-corrected chi connectivity index (χ4v) is 3.47. The summed E-state index contributed by atoms with van der Waals surface area (Å²) >= 11 is 7.62. The molecule has 1 aromatic carbocycles. The Morgan fingerprint density at radius 3 is 2.88 bits per heavy atom. The molecule has 0 fully saturated rings. The predicted octanol–water partition coefficient (Wildman–Crippen LogP) is 4.01. The van der Waals surface area contributed by atoms with Crippen LogP contribution in [0.5, 0.6) is 0 Å². The van der Waals surface area contributed by atoms with Crippen molar-refractivity contribution in [3.63, 3.8) is 0 Å². The van der Waals surface area contributed by atoms with Gasteiger partial charge in [-0.3, -0.25) is 0 Å². The van der Waals surface area contributed by atoms with Gasteiger partial charge in [0.1, 0.15) is 0 Å². The summed E-state index contributed by atoms with van der Waals surface area (Å²) in [5.41, 5.74) is 10.1. The van der Waals surface area contributed by atoms with Crippen molar-refractivity contribution >= 4 is 22.9 Å². The number of rotatable bonds is 1. The Hall–Kier alpha value is -0.830. The molecule has 1 heterocycles. The Bertz CT molecular complexity index is 532. The van der Waals surface area contributed by atoms with Crippen LogP contribution in [0.25, 0.3) is 10.4 Å². The predicted molar refractivity (Wildman–Crippen MR) is 70.0 cm³/mol. The number of thiophene rings is 1. The summed E-state index contributed by atoms with van der Waals surface area (Å²) in [6.45, 7) is 0. The highest BCUT2D eigenvalue weighted by Crippen LogP contribution is 2.39. The molecule has 16 heavy (non-hydrogen) atoms. The normalized spacial score (nSPS) is 18.8. The van der Waals surface area contributed by atoms with Crippen LogP contribution in [0, 0.1) is 0 Å². The first-order valence-electron chi connectivity index (χ1n) is 5.39. The van der Waals surface area contributed by atoms with Crippen LogP contribution in [-0.4, -0.2) is 0 Å². The van der Waals surface area contributed by atoms with E-state index < -0.39 is 0 Å². The molecule has 2 aromatic rings. The third-order valence-corrected chi connectivity index (χ3v) is 4.42. The van der Waals surface area contributed by atoms with Gasteiger partial charge in [0.15, 0.2) is 0 Å². The Balaban J connectivity index is 2.16. The van der Waals surface area contributed by atoms with Crippen molar-refractivity contribution in [3.8, 4) is 10.4 Å². The number of halogens is 1. The molecule has 1 atom stereocenters. The van der Waals surface area contributed by atoms with Crippen LogP contribution in [0.3, 0.4) is 0 Å². The molecule has 1 aliphatic rings. The number of hydrogen-bond donors (Lipinski definition) is 1. The highest BCUT2D eigenvalue weighted by atomic mass is 35.5. The molecule has 2 N–H and O–H groups in total. The highest BCUT2D eigenvalue weighted by Gasteiger charge is 2.22. The van der Waals surface area contributed by atoms with E-state index in [9.17, 15) is 0 Å². The zero-order valence-corrected chi connectivity index (χ0v) is 10.3. The standard InChI is InChI=1S/C13H12ClNS/c14-13-7-6-12(16-13)10-3-1-2-9-8(10)4-5-11(9)15/h1-3,6-7,11H,4-5,15H2. The third-order valence-electron chi connectivity index (χ3n) is 3.16. The Morgan fingerprint density at radius 1 is 1.25 bits per heavy atom. The van der Waals surface area contributed by atoms with E-state index in [0.717, 1.165) is 17.2 Å². The van der Waals surface area contributed by atoms with E-state index in [-0.39, 0.29) is 6.04 Å². The van der Waals surface area contributed by atoms with Crippen molar-refractivity contribution in [3.05, 3.63) is 45.8 Å². The molecule has 1 unspecified atom stereocenters. The molecular formula is C13H12ClNS. The van der Waals surface area contributed by atoms with E-state index in [1.54, 1.807) is 11.3 Å². The van der Waals surface area contributed by atoms with Crippen molar-refractivity contribution in [1.29, 1.82) is 0 Å². The van der Waals surface area contributed by atoms with Crippen molar-refractivity contribution in [2.45, 2.75) is 18.9 Å². The molecule has 0 amide bonds. The minimum absolute atomic E-state index is 0.213. The van der Waals surface area contributed by atoms with Gasteiger partial charge in [0.25, 0.3) is 0 Å². The Labute approximate surface area is 104 Å². The van der Waals surface area contributed by atoms with Gasteiger partial charge >= 0.3 is 0 Å². The lowest BCUT2D eigenvalue weighted by Gasteiger charge is -2.07.